The molecule has 4 heterocycles. The summed E-state index contributed by atoms with van der Waals surface area (Å²) in [5.41, 5.74) is 1.38. The minimum absolute atomic E-state index is 0.0640. The average molecular weight is 501 g/mol. The van der Waals surface area contributed by atoms with E-state index in [0.717, 1.165) is 80.9 Å². The molecule has 0 bridgehead atoms. The zero-order chi connectivity index (χ0) is 25.2. The van der Waals surface area contributed by atoms with Gasteiger partial charge in [0.1, 0.15) is 0 Å². The number of benzene rings is 2. The van der Waals surface area contributed by atoms with Crippen LogP contribution in [0, 0.1) is 0 Å². The zero-order valence-electron chi connectivity index (χ0n) is 21.2. The van der Waals surface area contributed by atoms with Gasteiger partial charge in [0, 0.05) is 57.9 Å². The van der Waals surface area contributed by atoms with Crippen LogP contribution in [-0.2, 0) is 0 Å². The summed E-state index contributed by atoms with van der Waals surface area (Å²) in [4.78, 5) is 33.2. The number of rotatable bonds is 7. The fourth-order valence-corrected chi connectivity index (χ4v) is 5.46. The SMILES string of the molecule is COc1cc2cc3c(cc2cc1OCCCN1CCN(c2ncccn2)CC1)C(=O)N1CCC[C@H]1C=N3. The highest BCUT2D eigenvalue weighted by molar-refractivity contribution is 6.07. The standard InChI is InChI=1S/C28H32N6O3/c1-36-25-17-21-16-24-23(27(35)34-9-2-5-22(34)19-31-24)15-20(21)18-26(25)37-14-4-8-32-10-12-33(13-11-32)28-29-6-3-7-30-28/h3,6-7,15-19,22H,2,4-5,8-14H2,1H3/t22-/m0/s1. The summed E-state index contributed by atoms with van der Waals surface area (Å²) < 4.78 is 11.8. The average Bonchev–Trinajstić information content (AvgIpc) is 3.38. The highest BCUT2D eigenvalue weighted by Gasteiger charge is 2.32. The van der Waals surface area contributed by atoms with E-state index < -0.39 is 0 Å². The Morgan fingerprint density at radius 3 is 2.57 bits per heavy atom. The van der Waals surface area contributed by atoms with E-state index in [9.17, 15) is 4.79 Å². The fourth-order valence-electron chi connectivity index (χ4n) is 5.46. The Morgan fingerprint density at radius 1 is 0.973 bits per heavy atom. The minimum Gasteiger partial charge on any atom is -0.493 e. The van der Waals surface area contributed by atoms with Crippen LogP contribution in [0.25, 0.3) is 10.8 Å². The van der Waals surface area contributed by atoms with Gasteiger partial charge in [-0.05, 0) is 60.4 Å². The number of methoxy groups -OCH3 is 1. The Kier molecular flexibility index (Phi) is 6.61. The van der Waals surface area contributed by atoms with E-state index in [1.807, 2.05) is 41.4 Å². The molecule has 37 heavy (non-hydrogen) atoms. The largest absolute Gasteiger partial charge is 0.493 e. The van der Waals surface area contributed by atoms with Gasteiger partial charge < -0.3 is 19.3 Å². The smallest absolute Gasteiger partial charge is 0.256 e. The first-order valence-electron chi connectivity index (χ1n) is 13.1. The van der Waals surface area contributed by atoms with Crippen molar-refractivity contribution in [3.05, 3.63) is 48.3 Å². The summed E-state index contributed by atoms with van der Waals surface area (Å²) in [6.45, 7) is 6.17. The van der Waals surface area contributed by atoms with Crippen LogP contribution in [0.5, 0.6) is 11.5 Å². The molecule has 9 nitrogen and oxygen atoms in total. The second kappa shape index (κ2) is 10.3. The third-order valence-corrected chi connectivity index (χ3v) is 7.50. The van der Waals surface area contributed by atoms with Crippen molar-refractivity contribution in [3.63, 3.8) is 0 Å². The topological polar surface area (TPSA) is 83.4 Å². The van der Waals surface area contributed by atoms with Crippen molar-refractivity contribution in [1.82, 2.24) is 19.8 Å². The van der Waals surface area contributed by atoms with Crippen LogP contribution in [0.3, 0.4) is 0 Å². The number of carbonyl (C=O) groups excluding carboxylic acids is 1. The fraction of sp³-hybridized carbons (Fsp3) is 0.429. The van der Waals surface area contributed by atoms with E-state index in [2.05, 4.69) is 24.8 Å². The molecule has 0 spiro atoms. The Morgan fingerprint density at radius 2 is 1.76 bits per heavy atom. The lowest BCUT2D eigenvalue weighted by Gasteiger charge is -2.34. The van der Waals surface area contributed by atoms with Crippen LogP contribution in [-0.4, -0.2) is 90.9 Å². The number of aromatic nitrogens is 2. The number of nitrogens with zero attached hydrogens (tertiary/aromatic N) is 6. The lowest BCUT2D eigenvalue weighted by molar-refractivity contribution is 0.0775. The monoisotopic (exact) mass is 500 g/mol. The van der Waals surface area contributed by atoms with Crippen molar-refractivity contribution in [2.45, 2.75) is 25.3 Å². The van der Waals surface area contributed by atoms with Crippen molar-refractivity contribution in [2.75, 3.05) is 57.9 Å². The van der Waals surface area contributed by atoms with Gasteiger partial charge in [-0.2, -0.15) is 0 Å². The molecule has 0 saturated carbocycles. The van der Waals surface area contributed by atoms with E-state index in [-0.39, 0.29) is 11.9 Å². The summed E-state index contributed by atoms with van der Waals surface area (Å²) in [5, 5.41) is 1.94. The number of fused-ring (bicyclic) bond motifs is 3. The summed E-state index contributed by atoms with van der Waals surface area (Å²) in [6.07, 6.45) is 8.42. The second-order valence-corrected chi connectivity index (χ2v) is 9.79. The number of hydrogen-bond acceptors (Lipinski definition) is 8. The normalized spacial score (nSPS) is 19.6. The molecule has 1 amide bonds. The Labute approximate surface area is 216 Å². The van der Waals surface area contributed by atoms with Gasteiger partial charge in [0.05, 0.1) is 31.0 Å². The third kappa shape index (κ3) is 4.83. The number of hydrogen-bond donors (Lipinski definition) is 0. The molecule has 2 saturated heterocycles. The Bertz CT molecular complexity index is 1310. The highest BCUT2D eigenvalue weighted by Crippen LogP contribution is 2.37. The van der Waals surface area contributed by atoms with Crippen LogP contribution in [0.4, 0.5) is 11.6 Å². The van der Waals surface area contributed by atoms with Crippen LogP contribution in [0.2, 0.25) is 0 Å². The number of carbonyl (C=O) groups is 1. The van der Waals surface area contributed by atoms with Crippen molar-refractivity contribution >= 4 is 34.5 Å². The number of ether oxygens (including phenoxy) is 2. The van der Waals surface area contributed by atoms with Gasteiger partial charge in [-0.25, -0.2) is 9.97 Å². The van der Waals surface area contributed by atoms with E-state index >= 15 is 0 Å². The van der Waals surface area contributed by atoms with Crippen molar-refractivity contribution in [3.8, 4) is 11.5 Å². The van der Waals surface area contributed by atoms with Gasteiger partial charge in [0.2, 0.25) is 5.95 Å². The van der Waals surface area contributed by atoms with E-state index in [0.29, 0.717) is 23.7 Å². The summed E-state index contributed by atoms with van der Waals surface area (Å²) in [6, 6.07) is 9.83. The molecule has 192 valence electrons. The molecule has 3 aliphatic rings. The molecular weight excluding hydrogens is 468 g/mol. The summed E-state index contributed by atoms with van der Waals surface area (Å²) in [7, 11) is 1.66. The first-order chi connectivity index (χ1) is 18.2. The maximum absolute atomic E-state index is 13.2. The van der Waals surface area contributed by atoms with E-state index in [4.69, 9.17) is 9.47 Å². The van der Waals surface area contributed by atoms with E-state index in [1.54, 1.807) is 19.5 Å². The lowest BCUT2D eigenvalue weighted by atomic mass is 10.0. The molecule has 2 fully saturated rings. The van der Waals surface area contributed by atoms with Crippen molar-refractivity contribution in [1.29, 1.82) is 0 Å². The van der Waals surface area contributed by atoms with Crippen molar-refractivity contribution < 1.29 is 14.3 Å². The molecule has 2 aromatic carbocycles. The van der Waals surface area contributed by atoms with Crippen molar-refractivity contribution in [2.24, 2.45) is 4.99 Å². The number of anilines is 1. The Hall–Kier alpha value is -3.72. The minimum atomic E-state index is 0.0640. The van der Waals surface area contributed by atoms with Gasteiger partial charge in [0.25, 0.3) is 5.91 Å². The maximum atomic E-state index is 13.2. The van der Waals surface area contributed by atoms with Crippen LogP contribution in [0.15, 0.2) is 47.7 Å². The Balaban J connectivity index is 1.09. The predicted octanol–water partition coefficient (Wildman–Crippen LogP) is 3.55. The third-order valence-electron chi connectivity index (χ3n) is 7.50. The molecular formula is C28H32N6O3. The first-order valence-corrected chi connectivity index (χ1v) is 13.1. The van der Waals surface area contributed by atoms with Gasteiger partial charge in [-0.1, -0.05) is 0 Å². The second-order valence-electron chi connectivity index (χ2n) is 9.79. The molecule has 0 radical (unpaired) electrons. The molecule has 1 aromatic heterocycles. The molecule has 1 atom stereocenters. The summed E-state index contributed by atoms with van der Waals surface area (Å²) >= 11 is 0. The number of amides is 1. The molecule has 3 aliphatic heterocycles. The van der Waals surface area contributed by atoms with Gasteiger partial charge in [-0.3, -0.25) is 14.7 Å². The number of aliphatic imine (C=N–C) groups is 1. The maximum Gasteiger partial charge on any atom is 0.256 e. The molecule has 0 aliphatic carbocycles. The first kappa shape index (κ1) is 23.7. The van der Waals surface area contributed by atoms with Gasteiger partial charge in [-0.15, -0.1) is 0 Å². The lowest BCUT2D eigenvalue weighted by Crippen LogP contribution is -2.47. The molecule has 0 unspecified atom stereocenters. The number of piperazine rings is 1. The van der Waals surface area contributed by atoms with Gasteiger partial charge >= 0.3 is 0 Å². The van der Waals surface area contributed by atoms with E-state index in [1.165, 1.54) is 0 Å². The molecule has 9 heteroatoms. The quantitative estimate of drug-likeness (QED) is 0.459. The summed E-state index contributed by atoms with van der Waals surface area (Å²) in [5.74, 6) is 2.26. The molecule has 6 rings (SSSR count). The molecule has 0 N–H and O–H groups in total. The van der Waals surface area contributed by atoms with Crippen LogP contribution < -0.4 is 14.4 Å². The van der Waals surface area contributed by atoms with Crippen LogP contribution in [0.1, 0.15) is 29.6 Å². The van der Waals surface area contributed by atoms with Gasteiger partial charge in [0.15, 0.2) is 11.5 Å². The van der Waals surface area contributed by atoms with Crippen LogP contribution >= 0.6 is 0 Å². The predicted molar refractivity (Wildman–Crippen MR) is 144 cm³/mol. The molecule has 3 aromatic rings. The highest BCUT2D eigenvalue weighted by atomic mass is 16.5. The zero-order valence-corrected chi connectivity index (χ0v) is 21.2.